The van der Waals surface area contributed by atoms with Crippen molar-refractivity contribution in [3.05, 3.63) is 50.6 Å². The lowest BCUT2D eigenvalue weighted by molar-refractivity contribution is 0.0696. The fourth-order valence-corrected chi connectivity index (χ4v) is 4.49. The molecule has 0 aliphatic rings. The number of sulfonamides is 1. The molecule has 0 saturated carbocycles. The first-order valence-electron chi connectivity index (χ1n) is 5.82. The molecule has 0 aliphatic heterocycles. The Kier molecular flexibility index (Phi) is 4.82. The van der Waals surface area contributed by atoms with Crippen LogP contribution < -0.4 is 0 Å². The van der Waals surface area contributed by atoms with Gasteiger partial charge in [-0.25, -0.2) is 13.2 Å². The molecule has 112 valence electrons. The lowest BCUT2D eigenvalue weighted by Gasteiger charge is -2.18. The third kappa shape index (κ3) is 3.52. The molecule has 1 aromatic heterocycles. The van der Waals surface area contributed by atoms with Crippen LogP contribution in [0.4, 0.5) is 0 Å². The third-order valence-electron chi connectivity index (χ3n) is 2.85. The van der Waals surface area contributed by atoms with Crippen LogP contribution in [0.5, 0.6) is 0 Å². The van der Waals surface area contributed by atoms with Gasteiger partial charge in [0.2, 0.25) is 10.0 Å². The second-order valence-corrected chi connectivity index (χ2v) is 7.99. The maximum absolute atomic E-state index is 12.6. The SMILES string of the molecule is CN(Cc1ccsc1)S(=O)(=O)c1cc(C(=O)O)ccc1Br. The summed E-state index contributed by atoms with van der Waals surface area (Å²) in [5, 5.41) is 12.7. The maximum Gasteiger partial charge on any atom is 0.335 e. The molecule has 21 heavy (non-hydrogen) atoms. The van der Waals surface area contributed by atoms with Crippen LogP contribution >= 0.6 is 27.3 Å². The molecule has 2 aromatic rings. The predicted molar refractivity (Wildman–Crippen MR) is 84.1 cm³/mol. The van der Waals surface area contributed by atoms with E-state index in [0.29, 0.717) is 4.47 Å². The van der Waals surface area contributed by atoms with E-state index in [1.165, 1.54) is 34.8 Å². The standard InChI is InChI=1S/C13H12BrNO4S2/c1-15(7-9-4-5-20-8-9)21(18,19)12-6-10(13(16)17)2-3-11(12)14/h2-6,8H,7H2,1H3,(H,16,17). The maximum atomic E-state index is 12.6. The lowest BCUT2D eigenvalue weighted by atomic mass is 10.2. The summed E-state index contributed by atoms with van der Waals surface area (Å²) < 4.78 is 26.7. The highest BCUT2D eigenvalue weighted by atomic mass is 79.9. The van der Waals surface area contributed by atoms with Crippen LogP contribution in [0.2, 0.25) is 0 Å². The topological polar surface area (TPSA) is 74.7 Å². The van der Waals surface area contributed by atoms with Crippen molar-refractivity contribution < 1.29 is 18.3 Å². The molecular weight excluding hydrogens is 378 g/mol. The molecule has 0 aliphatic carbocycles. The van der Waals surface area contributed by atoms with E-state index in [9.17, 15) is 13.2 Å². The van der Waals surface area contributed by atoms with Crippen LogP contribution in [0, 0.1) is 0 Å². The number of thiophene rings is 1. The number of halogens is 1. The van der Waals surface area contributed by atoms with Crippen LogP contribution in [-0.4, -0.2) is 30.8 Å². The summed E-state index contributed by atoms with van der Waals surface area (Å²) in [6.07, 6.45) is 0. The number of nitrogens with zero attached hydrogens (tertiary/aromatic N) is 1. The van der Waals surface area contributed by atoms with E-state index in [4.69, 9.17) is 5.11 Å². The minimum absolute atomic E-state index is 0.0554. The molecule has 8 heteroatoms. The van der Waals surface area contributed by atoms with Crippen molar-refractivity contribution in [2.45, 2.75) is 11.4 Å². The summed E-state index contributed by atoms with van der Waals surface area (Å²) in [6.45, 7) is 0.232. The highest BCUT2D eigenvalue weighted by molar-refractivity contribution is 9.10. The first kappa shape index (κ1) is 16.2. The Bertz CT molecular complexity index is 756. The summed E-state index contributed by atoms with van der Waals surface area (Å²) in [5.74, 6) is -1.17. The number of hydrogen-bond donors (Lipinski definition) is 1. The van der Waals surface area contributed by atoms with Gasteiger partial charge in [0.05, 0.1) is 10.5 Å². The molecule has 0 radical (unpaired) electrons. The summed E-state index contributed by atoms with van der Waals surface area (Å²) in [5.41, 5.74) is 0.817. The van der Waals surface area contributed by atoms with Gasteiger partial charge in [0, 0.05) is 18.1 Å². The number of rotatable bonds is 5. The molecular formula is C13H12BrNO4S2. The van der Waals surface area contributed by atoms with Crippen molar-refractivity contribution in [1.82, 2.24) is 4.31 Å². The molecule has 0 spiro atoms. The normalized spacial score (nSPS) is 11.8. The van der Waals surface area contributed by atoms with E-state index in [-0.39, 0.29) is 17.0 Å². The van der Waals surface area contributed by atoms with E-state index in [1.807, 2.05) is 16.8 Å². The van der Waals surface area contributed by atoms with Crippen LogP contribution in [0.1, 0.15) is 15.9 Å². The Labute approximate surface area is 135 Å². The summed E-state index contributed by atoms with van der Waals surface area (Å²) in [4.78, 5) is 10.9. The second kappa shape index (κ2) is 6.27. The van der Waals surface area contributed by atoms with Gasteiger partial charge in [-0.2, -0.15) is 15.6 Å². The smallest absolute Gasteiger partial charge is 0.335 e. The van der Waals surface area contributed by atoms with Crippen LogP contribution in [0.3, 0.4) is 0 Å². The van der Waals surface area contributed by atoms with E-state index in [2.05, 4.69) is 15.9 Å². The first-order chi connectivity index (χ1) is 9.82. The number of carbonyl (C=O) groups is 1. The molecule has 1 aromatic carbocycles. The van der Waals surface area contributed by atoms with E-state index >= 15 is 0 Å². The van der Waals surface area contributed by atoms with Crippen molar-refractivity contribution >= 4 is 43.3 Å². The number of hydrogen-bond acceptors (Lipinski definition) is 4. The van der Waals surface area contributed by atoms with Crippen LogP contribution in [0.15, 0.2) is 44.4 Å². The molecule has 0 saturated heterocycles. The van der Waals surface area contributed by atoms with E-state index < -0.39 is 16.0 Å². The van der Waals surface area contributed by atoms with Gasteiger partial charge in [0.15, 0.2) is 0 Å². The van der Waals surface area contributed by atoms with Gasteiger partial charge in [-0.05, 0) is 56.5 Å². The van der Waals surface area contributed by atoms with E-state index in [1.54, 1.807) is 0 Å². The Morgan fingerprint density at radius 2 is 2.10 bits per heavy atom. The number of benzene rings is 1. The van der Waals surface area contributed by atoms with Gasteiger partial charge in [-0.1, -0.05) is 0 Å². The molecule has 0 bridgehead atoms. The molecule has 0 atom stereocenters. The average Bonchev–Trinajstić information content (AvgIpc) is 2.91. The molecule has 1 N–H and O–H groups in total. The van der Waals surface area contributed by atoms with Gasteiger partial charge < -0.3 is 5.11 Å². The predicted octanol–water partition coefficient (Wildman–Crippen LogP) is 3.03. The number of aromatic carboxylic acids is 1. The monoisotopic (exact) mass is 389 g/mol. The molecule has 0 fully saturated rings. The van der Waals surface area contributed by atoms with Crippen molar-refractivity contribution in [3.63, 3.8) is 0 Å². The molecule has 2 rings (SSSR count). The van der Waals surface area contributed by atoms with Gasteiger partial charge in [-0.15, -0.1) is 0 Å². The zero-order valence-corrected chi connectivity index (χ0v) is 14.2. The minimum Gasteiger partial charge on any atom is -0.478 e. The Morgan fingerprint density at radius 1 is 1.38 bits per heavy atom. The highest BCUT2D eigenvalue weighted by Crippen LogP contribution is 2.26. The third-order valence-corrected chi connectivity index (χ3v) is 6.38. The summed E-state index contributed by atoms with van der Waals surface area (Å²) in [7, 11) is -2.31. The first-order valence-corrected chi connectivity index (χ1v) is 9.00. The van der Waals surface area contributed by atoms with Gasteiger partial charge in [-0.3, -0.25) is 0 Å². The van der Waals surface area contributed by atoms with E-state index in [0.717, 1.165) is 11.6 Å². The lowest BCUT2D eigenvalue weighted by Crippen LogP contribution is -2.26. The van der Waals surface area contributed by atoms with Gasteiger partial charge in [0.25, 0.3) is 0 Å². The number of carboxylic acids is 1. The van der Waals surface area contributed by atoms with Gasteiger partial charge in [0.1, 0.15) is 0 Å². The number of carboxylic acid groups (broad SMARTS) is 1. The summed E-state index contributed by atoms with van der Waals surface area (Å²) >= 11 is 4.65. The van der Waals surface area contributed by atoms with Crippen LogP contribution in [0.25, 0.3) is 0 Å². The molecule has 1 heterocycles. The van der Waals surface area contributed by atoms with Crippen LogP contribution in [-0.2, 0) is 16.6 Å². The fraction of sp³-hybridized carbons (Fsp3) is 0.154. The second-order valence-electron chi connectivity index (χ2n) is 4.34. The Balaban J connectivity index is 2.38. The minimum atomic E-state index is -3.77. The Morgan fingerprint density at radius 3 is 2.67 bits per heavy atom. The molecule has 5 nitrogen and oxygen atoms in total. The average molecular weight is 390 g/mol. The Hall–Kier alpha value is -1.22. The van der Waals surface area contributed by atoms with Crippen molar-refractivity contribution in [1.29, 1.82) is 0 Å². The zero-order chi connectivity index (χ0) is 15.6. The highest BCUT2D eigenvalue weighted by Gasteiger charge is 2.24. The van der Waals surface area contributed by atoms with Crippen molar-refractivity contribution in [2.24, 2.45) is 0 Å². The molecule has 0 amide bonds. The summed E-state index contributed by atoms with van der Waals surface area (Å²) in [6, 6.07) is 5.78. The fourth-order valence-electron chi connectivity index (χ4n) is 1.73. The van der Waals surface area contributed by atoms with Gasteiger partial charge >= 0.3 is 5.97 Å². The van der Waals surface area contributed by atoms with Crippen molar-refractivity contribution in [3.8, 4) is 0 Å². The van der Waals surface area contributed by atoms with Crippen molar-refractivity contribution in [2.75, 3.05) is 7.05 Å². The largest absolute Gasteiger partial charge is 0.478 e. The zero-order valence-electron chi connectivity index (χ0n) is 11.0. The quantitative estimate of drug-likeness (QED) is 0.852. The molecule has 0 unspecified atom stereocenters.